The fraction of sp³-hybridized carbons (Fsp3) is 0.429. The molecule has 1 aliphatic rings. The first-order valence-corrected chi connectivity index (χ1v) is 9.70. The zero-order chi connectivity index (χ0) is 19.1. The highest BCUT2D eigenvalue weighted by atomic mass is 16.1. The van der Waals surface area contributed by atoms with Crippen molar-refractivity contribution in [2.75, 3.05) is 55.3 Å². The van der Waals surface area contributed by atoms with Gasteiger partial charge >= 0.3 is 0 Å². The molecule has 0 spiro atoms. The quantitative estimate of drug-likeness (QED) is 0.736. The van der Waals surface area contributed by atoms with Crippen LogP contribution in [0, 0.1) is 0 Å². The van der Waals surface area contributed by atoms with Crippen LogP contribution < -0.4 is 15.5 Å². The minimum absolute atomic E-state index is 0.193. The van der Waals surface area contributed by atoms with Crippen molar-refractivity contribution in [1.82, 2.24) is 9.88 Å². The third-order valence-corrected chi connectivity index (χ3v) is 4.85. The number of benzene rings is 1. The number of aromatic nitrogens is 1. The zero-order valence-corrected chi connectivity index (χ0v) is 16.2. The minimum atomic E-state index is -0.193. The van der Waals surface area contributed by atoms with Gasteiger partial charge in [0.1, 0.15) is 5.69 Å². The maximum atomic E-state index is 12.5. The third-order valence-electron chi connectivity index (χ3n) is 4.85. The second-order valence-corrected chi connectivity index (χ2v) is 7.00. The molecule has 1 aromatic carbocycles. The van der Waals surface area contributed by atoms with Crippen LogP contribution in [0.3, 0.4) is 0 Å². The molecule has 1 fully saturated rings. The summed E-state index contributed by atoms with van der Waals surface area (Å²) in [5.41, 5.74) is 3.32. The number of hydrogen-bond donors (Lipinski definition) is 2. The number of rotatable bonds is 7. The van der Waals surface area contributed by atoms with Crippen molar-refractivity contribution in [3.8, 4) is 0 Å². The first kappa shape index (κ1) is 19.2. The summed E-state index contributed by atoms with van der Waals surface area (Å²) in [5, 5.41) is 6.26. The summed E-state index contributed by atoms with van der Waals surface area (Å²) in [6.45, 7) is 7.27. The topological polar surface area (TPSA) is 60.5 Å². The van der Waals surface area contributed by atoms with Crippen molar-refractivity contribution in [2.45, 2.75) is 19.8 Å². The number of likely N-dealkylation sites (N-methyl/N-ethyl adjacent to an activating group) is 1. The van der Waals surface area contributed by atoms with Crippen molar-refractivity contribution in [3.05, 3.63) is 48.3 Å². The number of pyridine rings is 1. The van der Waals surface area contributed by atoms with Gasteiger partial charge in [0.25, 0.3) is 5.91 Å². The Bertz CT molecular complexity index is 738. The monoisotopic (exact) mass is 367 g/mol. The van der Waals surface area contributed by atoms with Crippen LogP contribution in [0.4, 0.5) is 17.1 Å². The normalized spacial score (nSPS) is 14.8. The predicted molar refractivity (Wildman–Crippen MR) is 112 cm³/mol. The summed E-state index contributed by atoms with van der Waals surface area (Å²) in [6, 6.07) is 11.7. The lowest BCUT2D eigenvalue weighted by Crippen LogP contribution is -2.44. The molecule has 0 aliphatic carbocycles. The van der Waals surface area contributed by atoms with Crippen molar-refractivity contribution < 1.29 is 4.79 Å². The molecule has 0 bridgehead atoms. The minimum Gasteiger partial charge on any atom is -0.385 e. The van der Waals surface area contributed by atoms with E-state index >= 15 is 0 Å². The third kappa shape index (κ3) is 5.44. The van der Waals surface area contributed by atoms with E-state index in [1.54, 1.807) is 12.3 Å². The first-order valence-electron chi connectivity index (χ1n) is 9.70. The van der Waals surface area contributed by atoms with Gasteiger partial charge in [-0.3, -0.25) is 9.78 Å². The molecule has 1 aliphatic heterocycles. The largest absolute Gasteiger partial charge is 0.385 e. The van der Waals surface area contributed by atoms with Crippen LogP contribution in [-0.2, 0) is 0 Å². The number of anilines is 3. The van der Waals surface area contributed by atoms with Crippen molar-refractivity contribution in [3.63, 3.8) is 0 Å². The number of amides is 1. The molecule has 6 nitrogen and oxygen atoms in total. The summed E-state index contributed by atoms with van der Waals surface area (Å²) in [6.07, 6.45) is 3.90. The van der Waals surface area contributed by atoms with E-state index in [0.29, 0.717) is 5.69 Å². The van der Waals surface area contributed by atoms with Gasteiger partial charge in [0, 0.05) is 56.0 Å². The second-order valence-electron chi connectivity index (χ2n) is 7.00. The maximum absolute atomic E-state index is 12.5. The molecule has 0 atom stereocenters. The molecule has 0 saturated carbocycles. The van der Waals surface area contributed by atoms with Gasteiger partial charge in [-0.15, -0.1) is 0 Å². The van der Waals surface area contributed by atoms with E-state index < -0.39 is 0 Å². The van der Waals surface area contributed by atoms with E-state index in [1.807, 2.05) is 18.2 Å². The van der Waals surface area contributed by atoms with Crippen LogP contribution in [0.1, 0.15) is 30.3 Å². The Hall–Kier alpha value is -2.60. The zero-order valence-electron chi connectivity index (χ0n) is 16.2. The van der Waals surface area contributed by atoms with Gasteiger partial charge in [-0.1, -0.05) is 13.3 Å². The Morgan fingerprint density at radius 2 is 1.81 bits per heavy atom. The molecule has 1 saturated heterocycles. The molecule has 2 heterocycles. The molecule has 1 amide bonds. The average molecular weight is 367 g/mol. The maximum Gasteiger partial charge on any atom is 0.274 e. The van der Waals surface area contributed by atoms with Gasteiger partial charge in [-0.2, -0.15) is 0 Å². The lowest BCUT2D eigenvalue weighted by Gasteiger charge is -2.34. The fourth-order valence-corrected chi connectivity index (χ4v) is 3.09. The smallest absolute Gasteiger partial charge is 0.274 e. The summed E-state index contributed by atoms with van der Waals surface area (Å²) < 4.78 is 0. The summed E-state index contributed by atoms with van der Waals surface area (Å²) in [4.78, 5) is 21.4. The van der Waals surface area contributed by atoms with E-state index in [9.17, 15) is 4.79 Å². The number of nitrogens with zero attached hydrogens (tertiary/aromatic N) is 3. The Morgan fingerprint density at radius 1 is 1.07 bits per heavy atom. The number of carbonyl (C=O) groups is 1. The molecular formula is C21H29N5O. The Labute approximate surface area is 161 Å². The summed E-state index contributed by atoms with van der Waals surface area (Å²) in [7, 11) is 2.15. The number of unbranched alkanes of at least 4 members (excludes halogenated alkanes) is 1. The van der Waals surface area contributed by atoms with E-state index in [1.165, 1.54) is 5.69 Å². The van der Waals surface area contributed by atoms with Gasteiger partial charge in [-0.25, -0.2) is 0 Å². The van der Waals surface area contributed by atoms with E-state index in [2.05, 4.69) is 51.5 Å². The molecular weight excluding hydrogens is 338 g/mol. The van der Waals surface area contributed by atoms with Crippen LogP contribution in [0.15, 0.2) is 42.6 Å². The van der Waals surface area contributed by atoms with Crippen molar-refractivity contribution in [2.24, 2.45) is 0 Å². The van der Waals surface area contributed by atoms with Gasteiger partial charge in [0.2, 0.25) is 0 Å². The van der Waals surface area contributed by atoms with Crippen molar-refractivity contribution in [1.29, 1.82) is 0 Å². The lowest BCUT2D eigenvalue weighted by atomic mass is 10.2. The molecule has 0 radical (unpaired) electrons. The number of hydrogen-bond acceptors (Lipinski definition) is 5. The number of nitrogens with one attached hydrogen (secondary N) is 2. The predicted octanol–water partition coefficient (Wildman–Crippen LogP) is 3.30. The summed E-state index contributed by atoms with van der Waals surface area (Å²) >= 11 is 0. The van der Waals surface area contributed by atoms with E-state index in [4.69, 9.17) is 0 Å². The highest BCUT2D eigenvalue weighted by Crippen LogP contribution is 2.20. The van der Waals surface area contributed by atoms with E-state index in [-0.39, 0.29) is 5.91 Å². The molecule has 6 heteroatoms. The Balaban J connectivity index is 1.58. The van der Waals surface area contributed by atoms with Gasteiger partial charge in [0.05, 0.1) is 0 Å². The lowest BCUT2D eigenvalue weighted by molar-refractivity contribution is 0.102. The van der Waals surface area contributed by atoms with Gasteiger partial charge in [-0.05, 0) is 49.9 Å². The molecule has 1 aromatic heterocycles. The molecule has 3 rings (SSSR count). The second kappa shape index (κ2) is 9.37. The highest BCUT2D eigenvalue weighted by molar-refractivity contribution is 6.03. The van der Waals surface area contributed by atoms with Crippen LogP contribution in [0.25, 0.3) is 0 Å². The van der Waals surface area contributed by atoms with Crippen LogP contribution in [-0.4, -0.2) is 55.6 Å². The number of piperazine rings is 1. The first-order chi connectivity index (χ1) is 13.2. The standard InChI is InChI=1S/C21H29N5O/c1-3-4-10-22-18-9-11-23-20(16-18)21(27)24-17-5-7-19(8-6-17)26-14-12-25(2)13-15-26/h5-9,11,16H,3-4,10,12-15H2,1-2H3,(H,22,23)(H,24,27). The average Bonchev–Trinajstić information content (AvgIpc) is 2.70. The Morgan fingerprint density at radius 3 is 2.52 bits per heavy atom. The molecule has 0 unspecified atom stereocenters. The van der Waals surface area contributed by atoms with Gasteiger partial charge in [0.15, 0.2) is 0 Å². The van der Waals surface area contributed by atoms with Crippen LogP contribution in [0.5, 0.6) is 0 Å². The fourth-order valence-electron chi connectivity index (χ4n) is 3.09. The summed E-state index contributed by atoms with van der Waals surface area (Å²) in [5.74, 6) is -0.193. The van der Waals surface area contributed by atoms with Crippen molar-refractivity contribution >= 4 is 23.0 Å². The molecule has 2 aromatic rings. The van der Waals surface area contributed by atoms with Crippen LogP contribution in [0.2, 0.25) is 0 Å². The Kier molecular flexibility index (Phi) is 6.65. The molecule has 2 N–H and O–H groups in total. The molecule has 27 heavy (non-hydrogen) atoms. The number of carbonyl (C=O) groups excluding carboxylic acids is 1. The molecule has 144 valence electrons. The van der Waals surface area contributed by atoms with Crippen LogP contribution >= 0.6 is 0 Å². The van der Waals surface area contributed by atoms with Gasteiger partial charge < -0.3 is 20.4 Å². The van der Waals surface area contributed by atoms with E-state index in [0.717, 1.165) is 56.9 Å². The SMILES string of the molecule is CCCCNc1ccnc(C(=O)Nc2ccc(N3CCN(C)CC3)cc2)c1. The highest BCUT2D eigenvalue weighted by Gasteiger charge is 2.14.